The standard InChI is InChI=1S/C30H27FNO6P/c31-23-10-4-20(5-11-23)28(34)17-16-27-29(21-8-14-25(33)15-9-21)32(30(27)35)24-12-6-19(7-13-24)22-2-1-3-26(18-22)39(36,37)38/h1-15,18,27-29,33-34H,16-17H2,(H2,36,37,38)/t27-,28+,29-/m1/s1. The lowest BCUT2D eigenvalue weighted by Gasteiger charge is -2.48. The average molecular weight is 548 g/mol. The van der Waals surface area contributed by atoms with Gasteiger partial charge in [-0.2, -0.15) is 0 Å². The zero-order valence-corrected chi connectivity index (χ0v) is 21.7. The van der Waals surface area contributed by atoms with E-state index in [0.717, 1.165) is 11.1 Å². The summed E-state index contributed by atoms with van der Waals surface area (Å²) >= 11 is 0. The first-order valence-corrected chi connectivity index (χ1v) is 14.1. The number of phenolic OH excluding ortho intramolecular Hbond substituents is 1. The van der Waals surface area contributed by atoms with Crippen LogP contribution in [0.25, 0.3) is 11.1 Å². The lowest BCUT2D eigenvalue weighted by Crippen LogP contribution is -2.55. The lowest BCUT2D eigenvalue weighted by molar-refractivity contribution is -0.131. The number of β-lactam (4-membered cyclic amide) rings is 1. The van der Waals surface area contributed by atoms with Crippen LogP contribution in [0.1, 0.15) is 36.1 Å². The van der Waals surface area contributed by atoms with Gasteiger partial charge in [-0.25, -0.2) is 4.39 Å². The second-order valence-electron chi connectivity index (χ2n) is 9.64. The Morgan fingerprint density at radius 1 is 0.872 bits per heavy atom. The highest BCUT2D eigenvalue weighted by atomic mass is 31.2. The molecule has 9 heteroatoms. The van der Waals surface area contributed by atoms with Crippen molar-refractivity contribution in [2.24, 2.45) is 5.92 Å². The second-order valence-corrected chi connectivity index (χ2v) is 11.2. The van der Waals surface area contributed by atoms with Crippen molar-refractivity contribution in [3.63, 3.8) is 0 Å². The summed E-state index contributed by atoms with van der Waals surface area (Å²) in [6, 6.07) is 25.3. The van der Waals surface area contributed by atoms with E-state index in [1.165, 1.54) is 36.4 Å². The summed E-state index contributed by atoms with van der Waals surface area (Å²) in [4.78, 5) is 34.1. The van der Waals surface area contributed by atoms with E-state index in [1.807, 2.05) is 0 Å². The van der Waals surface area contributed by atoms with E-state index in [1.54, 1.807) is 65.6 Å². The summed E-state index contributed by atoms with van der Waals surface area (Å²) in [5, 5.41) is 20.3. The summed E-state index contributed by atoms with van der Waals surface area (Å²) in [5.74, 6) is -0.773. The molecule has 39 heavy (non-hydrogen) atoms. The van der Waals surface area contributed by atoms with Crippen LogP contribution in [0.4, 0.5) is 10.1 Å². The molecule has 1 heterocycles. The number of amides is 1. The third kappa shape index (κ3) is 5.65. The first-order valence-electron chi connectivity index (χ1n) is 12.4. The quantitative estimate of drug-likeness (QED) is 0.178. The summed E-state index contributed by atoms with van der Waals surface area (Å²) in [5.41, 5.74) is 3.46. The monoisotopic (exact) mass is 547 g/mol. The van der Waals surface area contributed by atoms with Crippen LogP contribution in [0, 0.1) is 11.7 Å². The highest BCUT2D eigenvalue weighted by molar-refractivity contribution is 7.60. The van der Waals surface area contributed by atoms with Crippen LogP contribution in [0.3, 0.4) is 0 Å². The maximum atomic E-state index is 13.4. The van der Waals surface area contributed by atoms with Crippen molar-refractivity contribution in [3.05, 3.63) is 114 Å². The van der Waals surface area contributed by atoms with Gasteiger partial charge in [0.2, 0.25) is 5.91 Å². The number of aliphatic hydroxyl groups excluding tert-OH is 1. The number of benzene rings is 4. The van der Waals surface area contributed by atoms with Gasteiger partial charge in [-0.3, -0.25) is 9.36 Å². The Balaban J connectivity index is 1.38. The minimum Gasteiger partial charge on any atom is -0.508 e. The van der Waals surface area contributed by atoms with Crippen molar-refractivity contribution < 1.29 is 33.7 Å². The number of rotatable bonds is 8. The molecule has 0 aromatic heterocycles. The summed E-state index contributed by atoms with van der Waals surface area (Å²) in [7, 11) is -4.39. The molecule has 200 valence electrons. The Hall–Kier alpha value is -3.81. The Morgan fingerprint density at radius 2 is 1.54 bits per heavy atom. The minimum absolute atomic E-state index is 0.0694. The van der Waals surface area contributed by atoms with E-state index in [-0.39, 0.29) is 28.8 Å². The highest BCUT2D eigenvalue weighted by Gasteiger charge is 2.48. The zero-order valence-electron chi connectivity index (χ0n) is 20.8. The van der Waals surface area contributed by atoms with Crippen LogP contribution in [0.15, 0.2) is 97.1 Å². The number of hydrogen-bond acceptors (Lipinski definition) is 4. The molecule has 5 rings (SSSR count). The molecule has 4 aromatic rings. The van der Waals surface area contributed by atoms with Crippen molar-refractivity contribution in [2.45, 2.75) is 25.0 Å². The number of hydrogen-bond donors (Lipinski definition) is 4. The van der Waals surface area contributed by atoms with Crippen LogP contribution in [-0.2, 0) is 9.36 Å². The van der Waals surface area contributed by atoms with E-state index in [9.17, 15) is 33.7 Å². The normalized spacial score (nSPS) is 18.1. The number of carbonyl (C=O) groups excluding carboxylic acids is 1. The predicted octanol–water partition coefficient (Wildman–Crippen LogP) is 5.22. The molecule has 1 aliphatic rings. The molecule has 4 N–H and O–H groups in total. The third-order valence-corrected chi connectivity index (χ3v) is 8.07. The molecule has 0 radical (unpaired) electrons. The summed E-state index contributed by atoms with van der Waals surface area (Å²) in [6.07, 6.45) is -0.109. The zero-order chi connectivity index (χ0) is 27.7. The maximum Gasteiger partial charge on any atom is 0.356 e. The minimum atomic E-state index is -4.39. The fourth-order valence-electron chi connectivity index (χ4n) is 5.04. The molecule has 1 fully saturated rings. The first-order chi connectivity index (χ1) is 18.6. The molecule has 1 amide bonds. The van der Waals surface area contributed by atoms with E-state index in [0.29, 0.717) is 29.7 Å². The van der Waals surface area contributed by atoms with Crippen LogP contribution >= 0.6 is 7.60 Å². The Morgan fingerprint density at radius 3 is 2.18 bits per heavy atom. The van der Waals surface area contributed by atoms with Crippen LogP contribution < -0.4 is 10.2 Å². The molecule has 0 saturated carbocycles. The van der Waals surface area contributed by atoms with Gasteiger partial charge in [0.1, 0.15) is 11.6 Å². The topological polar surface area (TPSA) is 118 Å². The van der Waals surface area contributed by atoms with Crippen molar-refractivity contribution >= 4 is 24.5 Å². The molecular weight excluding hydrogens is 520 g/mol. The van der Waals surface area contributed by atoms with Gasteiger partial charge in [0.05, 0.1) is 23.4 Å². The van der Waals surface area contributed by atoms with Gasteiger partial charge in [-0.15, -0.1) is 0 Å². The molecule has 0 spiro atoms. The van der Waals surface area contributed by atoms with Gasteiger partial charge in [0.25, 0.3) is 0 Å². The molecule has 1 saturated heterocycles. The van der Waals surface area contributed by atoms with Gasteiger partial charge < -0.3 is 24.9 Å². The Bertz CT molecular complexity index is 1520. The van der Waals surface area contributed by atoms with Crippen molar-refractivity contribution in [1.29, 1.82) is 0 Å². The number of aliphatic hydroxyl groups is 1. The number of halogens is 1. The molecule has 4 aromatic carbocycles. The average Bonchev–Trinajstić information content (AvgIpc) is 2.92. The van der Waals surface area contributed by atoms with Gasteiger partial charge in [-0.05, 0) is 83.6 Å². The molecular formula is C30H27FNO6P. The number of carbonyl (C=O) groups is 1. The molecule has 1 aliphatic heterocycles. The Labute approximate surface area is 225 Å². The van der Waals surface area contributed by atoms with E-state index in [4.69, 9.17) is 0 Å². The van der Waals surface area contributed by atoms with Crippen molar-refractivity contribution in [1.82, 2.24) is 0 Å². The van der Waals surface area contributed by atoms with E-state index in [2.05, 4.69) is 0 Å². The largest absolute Gasteiger partial charge is 0.508 e. The van der Waals surface area contributed by atoms with E-state index >= 15 is 0 Å². The second kappa shape index (κ2) is 10.8. The number of phenols is 1. The van der Waals surface area contributed by atoms with Crippen molar-refractivity contribution in [3.8, 4) is 16.9 Å². The SMILES string of the molecule is O=C1[C@H](CC[C@H](O)c2ccc(F)cc2)[C@@H](c2ccc(O)cc2)N1c1ccc(-c2cccc(P(=O)(O)O)c2)cc1. The maximum absolute atomic E-state index is 13.4. The smallest absolute Gasteiger partial charge is 0.356 e. The van der Waals surface area contributed by atoms with Gasteiger partial charge >= 0.3 is 7.60 Å². The van der Waals surface area contributed by atoms with E-state index < -0.39 is 19.6 Å². The number of aromatic hydroxyl groups is 1. The van der Waals surface area contributed by atoms with Crippen LogP contribution in [0.2, 0.25) is 0 Å². The molecule has 0 bridgehead atoms. The molecule has 0 unspecified atom stereocenters. The van der Waals surface area contributed by atoms with Crippen LogP contribution in [0.5, 0.6) is 5.75 Å². The number of nitrogens with zero attached hydrogens (tertiary/aromatic N) is 1. The first kappa shape index (κ1) is 26.8. The summed E-state index contributed by atoms with van der Waals surface area (Å²) in [6.45, 7) is 0. The van der Waals surface area contributed by atoms with Gasteiger partial charge in [-0.1, -0.05) is 48.5 Å². The summed E-state index contributed by atoms with van der Waals surface area (Å²) < 4.78 is 24.9. The van der Waals surface area contributed by atoms with Gasteiger partial charge in [0, 0.05) is 5.69 Å². The van der Waals surface area contributed by atoms with Crippen molar-refractivity contribution in [2.75, 3.05) is 4.90 Å². The number of anilines is 1. The highest BCUT2D eigenvalue weighted by Crippen LogP contribution is 2.47. The predicted molar refractivity (Wildman–Crippen MR) is 146 cm³/mol. The third-order valence-electron chi connectivity index (χ3n) is 7.12. The molecule has 3 atom stereocenters. The lowest BCUT2D eigenvalue weighted by atomic mass is 9.78. The van der Waals surface area contributed by atoms with Gasteiger partial charge in [0.15, 0.2) is 0 Å². The fourth-order valence-corrected chi connectivity index (χ4v) is 5.63. The fraction of sp³-hybridized carbons (Fsp3) is 0.167. The Kier molecular flexibility index (Phi) is 7.38. The molecule has 7 nitrogen and oxygen atoms in total. The molecule has 0 aliphatic carbocycles. The van der Waals surface area contributed by atoms with Crippen LogP contribution in [-0.4, -0.2) is 25.9 Å².